The fraction of sp³-hybridized carbons (Fsp3) is 0.408. The number of ether oxygens (including phenoxy) is 3. The predicted molar refractivity (Wildman–Crippen MR) is 253 cm³/mol. The van der Waals surface area contributed by atoms with Gasteiger partial charge in [-0.1, -0.05) is 30.3 Å². The number of benzene rings is 3. The molecule has 3 saturated heterocycles. The van der Waals surface area contributed by atoms with Gasteiger partial charge >= 0.3 is 0 Å². The fourth-order valence-electron chi connectivity index (χ4n) is 9.13. The third-order valence-corrected chi connectivity index (χ3v) is 13.8. The maximum Gasteiger partial charge on any atom is 0.255 e. The highest BCUT2D eigenvalue weighted by atomic mass is 32.2. The molecule has 5 aromatic rings. The van der Waals surface area contributed by atoms with Gasteiger partial charge in [0.1, 0.15) is 35.4 Å². The summed E-state index contributed by atoms with van der Waals surface area (Å²) in [5.74, 6) is 1.69. The van der Waals surface area contributed by atoms with Crippen LogP contribution in [0, 0.1) is 0 Å². The summed E-state index contributed by atoms with van der Waals surface area (Å²) in [6.07, 6.45) is 7.45. The highest BCUT2D eigenvalue weighted by Crippen LogP contribution is 2.36. The van der Waals surface area contributed by atoms with Crippen LogP contribution in [0.3, 0.4) is 0 Å². The molecule has 0 radical (unpaired) electrons. The third kappa shape index (κ3) is 11.0. The third-order valence-electron chi connectivity index (χ3n) is 12.7. The van der Waals surface area contributed by atoms with Gasteiger partial charge in [0.05, 0.1) is 37.9 Å². The first-order valence-corrected chi connectivity index (χ1v) is 24.0. The van der Waals surface area contributed by atoms with E-state index in [0.717, 1.165) is 73.1 Å². The highest BCUT2D eigenvalue weighted by molar-refractivity contribution is 7.99. The summed E-state index contributed by atoms with van der Waals surface area (Å²) in [5, 5.41) is 8.10. The minimum atomic E-state index is -0.625. The lowest BCUT2D eigenvalue weighted by atomic mass is 10.0. The number of hydrogen-bond donors (Lipinski definition) is 2. The Balaban J connectivity index is 0.658. The lowest BCUT2D eigenvalue weighted by molar-refractivity contribution is -0.137. The van der Waals surface area contributed by atoms with Gasteiger partial charge in [0.2, 0.25) is 17.7 Å². The molecule has 6 heterocycles. The SMILES string of the molecule is Nc1ncnc2c1c(-c1ccc(Oc3ccccc3)cc1)nn2[C@@H]1CCCN(C(=O)/C=C/CN2CCN(CCOCCOCCSc3cccc4c3CN(C3CCC(=O)NC3=O)C4=O)CC2)C1. The Morgan fingerprint density at radius 1 is 0.851 bits per heavy atom. The zero-order valence-corrected chi connectivity index (χ0v) is 38.3. The van der Waals surface area contributed by atoms with Gasteiger partial charge in [-0.05, 0) is 73.4 Å². The van der Waals surface area contributed by atoms with E-state index in [1.165, 1.54) is 6.33 Å². The smallest absolute Gasteiger partial charge is 0.255 e. The standard InChI is InChI=1S/C49H56N10O7S/c50-46-44-45(34-13-15-37(16-14-34)66-36-8-2-1-3-9-36)54-59(47(44)52-33-51-46)35-7-5-20-57(31-35)43(61)12-6-19-55-21-23-56(24-22-55)25-26-64-27-28-65-29-30-67-41-11-4-10-38-39(41)32-58(49(38)63)40-17-18-42(60)53-48(40)62/h1-4,6,8-16,33,35,40H,5,7,17-32H2,(H2,50,51,52)(H,53,60,62)/b12-6+/t35-,40?/m1/s1. The van der Waals surface area contributed by atoms with Gasteiger partial charge in [0, 0.05) is 93.2 Å². The van der Waals surface area contributed by atoms with Crippen molar-refractivity contribution < 1.29 is 33.4 Å². The van der Waals surface area contributed by atoms with Crippen molar-refractivity contribution in [2.45, 2.75) is 49.2 Å². The van der Waals surface area contributed by atoms with Crippen LogP contribution in [0.15, 0.2) is 96.2 Å². The van der Waals surface area contributed by atoms with Gasteiger partial charge in [-0.25, -0.2) is 14.6 Å². The number of thioether (sulfide) groups is 1. The van der Waals surface area contributed by atoms with E-state index in [-0.39, 0.29) is 30.2 Å². The average Bonchev–Trinajstić information content (AvgIpc) is 3.91. The first-order chi connectivity index (χ1) is 32.8. The topological polar surface area (TPSA) is 191 Å². The Kier molecular flexibility index (Phi) is 14.8. The summed E-state index contributed by atoms with van der Waals surface area (Å²) in [6, 6.07) is 22.4. The number of nitrogens with two attached hydrogens (primary N) is 1. The maximum atomic E-state index is 13.5. The first-order valence-electron chi connectivity index (χ1n) is 23.1. The fourth-order valence-corrected chi connectivity index (χ4v) is 10.1. The van der Waals surface area contributed by atoms with Crippen molar-refractivity contribution in [3.05, 3.63) is 102 Å². The van der Waals surface area contributed by atoms with Crippen LogP contribution >= 0.6 is 11.8 Å². The second-order valence-corrected chi connectivity index (χ2v) is 18.2. The number of likely N-dealkylation sites (tertiary alicyclic amines) is 1. The van der Waals surface area contributed by atoms with Crippen LogP contribution in [-0.4, -0.2) is 154 Å². The number of amides is 4. The van der Waals surface area contributed by atoms with Crippen LogP contribution in [-0.2, 0) is 30.4 Å². The highest BCUT2D eigenvalue weighted by Gasteiger charge is 2.40. The second-order valence-electron chi connectivity index (χ2n) is 17.1. The summed E-state index contributed by atoms with van der Waals surface area (Å²) in [7, 11) is 0. The van der Waals surface area contributed by atoms with Gasteiger partial charge in [0.15, 0.2) is 5.65 Å². The molecule has 9 rings (SSSR count). The number of carbonyl (C=O) groups excluding carboxylic acids is 4. The van der Waals surface area contributed by atoms with Crippen LogP contribution in [0.2, 0.25) is 0 Å². The van der Waals surface area contributed by atoms with Gasteiger partial charge in [-0.3, -0.25) is 34.3 Å². The van der Waals surface area contributed by atoms with E-state index in [1.54, 1.807) is 28.8 Å². The van der Waals surface area contributed by atoms with Crippen molar-refractivity contribution in [1.29, 1.82) is 0 Å². The van der Waals surface area contributed by atoms with E-state index in [2.05, 4.69) is 25.1 Å². The van der Waals surface area contributed by atoms with Crippen molar-refractivity contribution in [3.63, 3.8) is 0 Å². The lowest BCUT2D eigenvalue weighted by Crippen LogP contribution is -2.52. The summed E-state index contributed by atoms with van der Waals surface area (Å²) in [6.45, 7) is 9.03. The van der Waals surface area contributed by atoms with Crippen LogP contribution in [0.5, 0.6) is 11.5 Å². The molecule has 0 aliphatic carbocycles. The zero-order valence-electron chi connectivity index (χ0n) is 37.5. The number of nitrogens with one attached hydrogen (secondary N) is 1. The quantitative estimate of drug-likeness (QED) is 0.0528. The monoisotopic (exact) mass is 928 g/mol. The Bertz CT molecular complexity index is 2580. The molecule has 4 aliphatic heterocycles. The minimum Gasteiger partial charge on any atom is -0.457 e. The molecule has 0 spiro atoms. The molecular weight excluding hydrogens is 873 g/mol. The summed E-state index contributed by atoms with van der Waals surface area (Å²) in [5.41, 5.74) is 10.2. The number of nitrogens with zero attached hydrogens (tertiary/aromatic N) is 8. The number of imide groups is 1. The van der Waals surface area contributed by atoms with Crippen molar-refractivity contribution >= 4 is 52.2 Å². The Morgan fingerprint density at radius 2 is 1.63 bits per heavy atom. The van der Waals surface area contributed by atoms with Crippen molar-refractivity contribution in [2.75, 3.05) is 90.3 Å². The minimum absolute atomic E-state index is 0.000172. The molecule has 4 aliphatic rings. The Labute approximate surface area is 393 Å². The normalized spacial score (nSPS) is 19.4. The molecule has 2 atom stereocenters. The molecule has 1 unspecified atom stereocenters. The van der Waals surface area contributed by atoms with Gasteiger partial charge < -0.3 is 29.7 Å². The Hall–Kier alpha value is -6.18. The molecule has 17 nitrogen and oxygen atoms in total. The molecule has 3 N–H and O–H groups in total. The summed E-state index contributed by atoms with van der Waals surface area (Å²) >= 11 is 1.63. The van der Waals surface area contributed by atoms with Gasteiger partial charge in [0.25, 0.3) is 5.91 Å². The van der Waals surface area contributed by atoms with E-state index < -0.39 is 11.9 Å². The average molecular weight is 929 g/mol. The number of fused-ring (bicyclic) bond motifs is 2. The molecular formula is C49H56N10O7S. The molecule has 350 valence electrons. The number of piperidine rings is 2. The lowest BCUT2D eigenvalue weighted by Gasteiger charge is -2.34. The number of rotatable bonds is 18. The van der Waals surface area contributed by atoms with E-state index in [0.29, 0.717) is 92.9 Å². The molecule has 4 amide bonds. The number of aromatic nitrogens is 4. The number of hydrogen-bond acceptors (Lipinski definition) is 14. The van der Waals surface area contributed by atoms with Gasteiger partial charge in [-0.2, -0.15) is 5.10 Å². The molecule has 0 saturated carbocycles. The van der Waals surface area contributed by atoms with Crippen LogP contribution in [0.1, 0.15) is 47.6 Å². The van der Waals surface area contributed by atoms with E-state index in [1.807, 2.05) is 82.4 Å². The van der Waals surface area contributed by atoms with Crippen molar-refractivity contribution in [2.24, 2.45) is 0 Å². The molecule has 18 heteroatoms. The van der Waals surface area contributed by atoms with Crippen LogP contribution < -0.4 is 15.8 Å². The molecule has 3 aromatic carbocycles. The number of para-hydroxylation sites is 1. The zero-order chi connectivity index (χ0) is 46.1. The largest absolute Gasteiger partial charge is 0.457 e. The Morgan fingerprint density at radius 3 is 2.43 bits per heavy atom. The molecule has 0 bridgehead atoms. The van der Waals surface area contributed by atoms with E-state index in [4.69, 9.17) is 25.0 Å². The van der Waals surface area contributed by atoms with Crippen molar-refractivity contribution in [1.82, 2.24) is 44.7 Å². The van der Waals surface area contributed by atoms with Crippen LogP contribution in [0.4, 0.5) is 5.82 Å². The molecule has 3 fully saturated rings. The number of nitrogen functional groups attached to an aromatic ring is 1. The summed E-state index contributed by atoms with van der Waals surface area (Å²) < 4.78 is 19.6. The van der Waals surface area contributed by atoms with Crippen LogP contribution in [0.25, 0.3) is 22.3 Å². The van der Waals surface area contributed by atoms with E-state index >= 15 is 0 Å². The number of anilines is 1. The van der Waals surface area contributed by atoms with Crippen molar-refractivity contribution in [3.8, 4) is 22.8 Å². The molecule has 67 heavy (non-hydrogen) atoms. The maximum absolute atomic E-state index is 13.5. The van der Waals surface area contributed by atoms with Gasteiger partial charge in [-0.15, -0.1) is 11.8 Å². The predicted octanol–water partition coefficient (Wildman–Crippen LogP) is 4.79. The molecule has 2 aromatic heterocycles. The number of piperazine rings is 1. The second kappa shape index (κ2) is 21.6. The first kappa shape index (κ1) is 46.0. The summed E-state index contributed by atoms with van der Waals surface area (Å²) in [4.78, 5) is 68.8. The number of carbonyl (C=O) groups is 4. The van der Waals surface area contributed by atoms with E-state index in [9.17, 15) is 19.2 Å².